The number of carbonyl (C=O) groups excluding carboxylic acids is 1. The Labute approximate surface area is 149 Å². The van der Waals surface area contributed by atoms with Crippen LogP contribution in [-0.2, 0) is 14.3 Å². The fraction of sp³-hybridized carbons (Fsp3) is 0.650. The minimum absolute atomic E-state index is 0.0231. The van der Waals surface area contributed by atoms with Gasteiger partial charge in [-0.2, -0.15) is 0 Å². The average molecular weight is 345 g/mol. The number of nitrogens with zero attached hydrogens (tertiary/aromatic N) is 1. The number of benzene rings is 1. The van der Waals surface area contributed by atoms with Gasteiger partial charge < -0.3 is 19.1 Å². The molecule has 5 nitrogen and oxygen atoms in total. The maximum atomic E-state index is 12.7. The van der Waals surface area contributed by atoms with Crippen molar-refractivity contribution >= 4 is 5.91 Å². The molecule has 136 valence electrons. The number of ether oxygens (including phenoxy) is 3. The number of rotatable bonds is 6. The summed E-state index contributed by atoms with van der Waals surface area (Å²) in [5, 5.41) is 0. The smallest absolute Gasteiger partial charge is 0.260 e. The molecule has 1 amide bonds. The SMILES string of the molecule is Cc1ccccc1OCC(=O)N1CC[C@@H](OCC2CC2)[C@H]2OCC[C@@H]21. The van der Waals surface area contributed by atoms with Crippen LogP contribution in [-0.4, -0.2) is 55.4 Å². The van der Waals surface area contributed by atoms with Gasteiger partial charge in [0.15, 0.2) is 6.61 Å². The molecule has 0 aromatic heterocycles. The number of fused-ring (bicyclic) bond motifs is 1. The van der Waals surface area contributed by atoms with E-state index in [4.69, 9.17) is 14.2 Å². The number of amides is 1. The third kappa shape index (κ3) is 3.82. The first kappa shape index (κ1) is 16.9. The van der Waals surface area contributed by atoms with Gasteiger partial charge in [-0.3, -0.25) is 4.79 Å². The van der Waals surface area contributed by atoms with E-state index in [2.05, 4.69) is 0 Å². The van der Waals surface area contributed by atoms with Crippen LogP contribution < -0.4 is 4.74 Å². The molecule has 3 aliphatic rings. The predicted octanol–water partition coefficient (Wildman–Crippen LogP) is 2.56. The number of carbonyl (C=O) groups is 1. The first-order valence-electron chi connectivity index (χ1n) is 9.43. The van der Waals surface area contributed by atoms with Gasteiger partial charge in [-0.25, -0.2) is 0 Å². The minimum atomic E-state index is 0.0231. The second-order valence-electron chi connectivity index (χ2n) is 7.44. The lowest BCUT2D eigenvalue weighted by Gasteiger charge is -2.41. The maximum absolute atomic E-state index is 12.7. The fourth-order valence-corrected chi connectivity index (χ4v) is 3.86. The molecule has 0 spiro atoms. The van der Waals surface area contributed by atoms with E-state index in [1.807, 2.05) is 36.1 Å². The summed E-state index contributed by atoms with van der Waals surface area (Å²) in [6, 6.07) is 7.92. The van der Waals surface area contributed by atoms with E-state index in [1.165, 1.54) is 12.8 Å². The van der Waals surface area contributed by atoms with Crippen LogP contribution in [0.5, 0.6) is 5.75 Å². The van der Waals surface area contributed by atoms with E-state index < -0.39 is 0 Å². The summed E-state index contributed by atoms with van der Waals surface area (Å²) in [5.74, 6) is 1.57. The second-order valence-corrected chi connectivity index (χ2v) is 7.44. The molecule has 2 heterocycles. The fourth-order valence-electron chi connectivity index (χ4n) is 3.86. The molecule has 5 heteroatoms. The summed E-state index contributed by atoms with van der Waals surface area (Å²) in [5.41, 5.74) is 1.05. The van der Waals surface area contributed by atoms with Gasteiger partial charge in [0.1, 0.15) is 11.9 Å². The van der Waals surface area contributed by atoms with Gasteiger partial charge in [-0.05, 0) is 50.2 Å². The lowest BCUT2D eigenvalue weighted by atomic mass is 9.95. The first-order chi connectivity index (χ1) is 12.2. The highest BCUT2D eigenvalue weighted by atomic mass is 16.5. The molecule has 2 saturated heterocycles. The van der Waals surface area contributed by atoms with Crippen LogP contribution in [0, 0.1) is 12.8 Å². The van der Waals surface area contributed by atoms with Crippen molar-refractivity contribution < 1.29 is 19.0 Å². The lowest BCUT2D eigenvalue weighted by Crippen LogP contribution is -2.56. The molecule has 0 radical (unpaired) electrons. The molecule has 4 rings (SSSR count). The Morgan fingerprint density at radius 1 is 1.24 bits per heavy atom. The predicted molar refractivity (Wildman–Crippen MR) is 93.6 cm³/mol. The Kier molecular flexibility index (Phi) is 4.95. The molecule has 0 N–H and O–H groups in total. The number of likely N-dealkylation sites (tertiary alicyclic amines) is 1. The summed E-state index contributed by atoms with van der Waals surface area (Å²) in [6.07, 6.45) is 4.49. The van der Waals surface area contributed by atoms with E-state index in [-0.39, 0.29) is 30.8 Å². The molecule has 0 bridgehead atoms. The van der Waals surface area contributed by atoms with Crippen LogP contribution in [0.1, 0.15) is 31.2 Å². The van der Waals surface area contributed by atoms with Crippen LogP contribution in [0.3, 0.4) is 0 Å². The second kappa shape index (κ2) is 7.34. The summed E-state index contributed by atoms with van der Waals surface area (Å²) in [6.45, 7) is 4.36. The van der Waals surface area contributed by atoms with Crippen LogP contribution in [0.15, 0.2) is 24.3 Å². The van der Waals surface area contributed by atoms with Crippen molar-refractivity contribution in [2.75, 3.05) is 26.4 Å². The highest BCUT2D eigenvalue weighted by Gasteiger charge is 2.45. The van der Waals surface area contributed by atoms with Crippen molar-refractivity contribution in [2.24, 2.45) is 5.92 Å². The lowest BCUT2D eigenvalue weighted by molar-refractivity contribution is -0.147. The molecule has 25 heavy (non-hydrogen) atoms. The minimum Gasteiger partial charge on any atom is -0.484 e. The number of para-hydroxylation sites is 1. The molecule has 3 fully saturated rings. The quantitative estimate of drug-likeness (QED) is 0.795. The van der Waals surface area contributed by atoms with Gasteiger partial charge >= 0.3 is 0 Å². The highest BCUT2D eigenvalue weighted by molar-refractivity contribution is 5.78. The van der Waals surface area contributed by atoms with Gasteiger partial charge in [0.05, 0.1) is 12.1 Å². The van der Waals surface area contributed by atoms with Crippen molar-refractivity contribution in [3.05, 3.63) is 29.8 Å². The number of hydrogen-bond donors (Lipinski definition) is 0. The Hall–Kier alpha value is -1.59. The summed E-state index contributed by atoms with van der Waals surface area (Å²) in [7, 11) is 0. The molecule has 1 saturated carbocycles. The Balaban J connectivity index is 1.34. The Bertz CT molecular complexity index is 615. The van der Waals surface area contributed by atoms with Crippen LogP contribution in [0.4, 0.5) is 0 Å². The van der Waals surface area contributed by atoms with E-state index in [0.717, 1.165) is 43.2 Å². The summed E-state index contributed by atoms with van der Waals surface area (Å²) >= 11 is 0. The molecule has 0 unspecified atom stereocenters. The monoisotopic (exact) mass is 345 g/mol. The molecule has 1 aliphatic carbocycles. The standard InChI is InChI=1S/C20H27NO4/c1-14-4-2-3-5-17(14)25-13-19(22)21-10-8-18(24-12-15-6-7-15)20-16(21)9-11-23-20/h2-5,15-16,18,20H,6-13H2,1H3/t16-,18+,20-/m0/s1. The maximum Gasteiger partial charge on any atom is 0.260 e. The van der Waals surface area contributed by atoms with Crippen molar-refractivity contribution in [3.8, 4) is 5.75 Å². The third-order valence-corrected chi connectivity index (χ3v) is 5.53. The molecular formula is C20H27NO4. The summed E-state index contributed by atoms with van der Waals surface area (Å²) < 4.78 is 17.8. The normalized spacial score (nSPS) is 28.7. The zero-order valence-corrected chi connectivity index (χ0v) is 14.9. The summed E-state index contributed by atoms with van der Waals surface area (Å²) in [4.78, 5) is 14.7. The van der Waals surface area contributed by atoms with Gasteiger partial charge in [0, 0.05) is 19.8 Å². The van der Waals surface area contributed by atoms with Gasteiger partial charge in [-0.15, -0.1) is 0 Å². The Morgan fingerprint density at radius 3 is 2.88 bits per heavy atom. The van der Waals surface area contributed by atoms with Crippen LogP contribution in [0.2, 0.25) is 0 Å². The number of hydrogen-bond acceptors (Lipinski definition) is 4. The largest absolute Gasteiger partial charge is 0.484 e. The van der Waals surface area contributed by atoms with Crippen LogP contribution in [0.25, 0.3) is 0 Å². The molecule has 3 atom stereocenters. The highest BCUT2D eigenvalue weighted by Crippen LogP contribution is 2.34. The van der Waals surface area contributed by atoms with Gasteiger partial charge in [-0.1, -0.05) is 18.2 Å². The van der Waals surface area contributed by atoms with Crippen LogP contribution >= 0.6 is 0 Å². The molecule has 1 aromatic rings. The van der Waals surface area contributed by atoms with Gasteiger partial charge in [0.2, 0.25) is 0 Å². The average Bonchev–Trinajstić information content (AvgIpc) is 3.32. The Morgan fingerprint density at radius 2 is 2.08 bits per heavy atom. The van der Waals surface area contributed by atoms with E-state index in [9.17, 15) is 4.79 Å². The van der Waals surface area contributed by atoms with Crippen molar-refractivity contribution in [2.45, 2.75) is 50.9 Å². The topological polar surface area (TPSA) is 48.0 Å². The van der Waals surface area contributed by atoms with E-state index in [0.29, 0.717) is 6.61 Å². The molecule has 1 aromatic carbocycles. The number of piperidine rings is 1. The van der Waals surface area contributed by atoms with Crippen molar-refractivity contribution in [3.63, 3.8) is 0 Å². The first-order valence-corrected chi connectivity index (χ1v) is 9.43. The van der Waals surface area contributed by atoms with E-state index >= 15 is 0 Å². The van der Waals surface area contributed by atoms with E-state index in [1.54, 1.807) is 0 Å². The van der Waals surface area contributed by atoms with Crippen molar-refractivity contribution in [1.29, 1.82) is 0 Å². The molecule has 2 aliphatic heterocycles. The third-order valence-electron chi connectivity index (χ3n) is 5.53. The zero-order valence-electron chi connectivity index (χ0n) is 14.9. The molecular weight excluding hydrogens is 318 g/mol. The van der Waals surface area contributed by atoms with Gasteiger partial charge in [0.25, 0.3) is 5.91 Å². The number of aryl methyl sites for hydroxylation is 1. The van der Waals surface area contributed by atoms with Crippen molar-refractivity contribution in [1.82, 2.24) is 4.90 Å². The zero-order chi connectivity index (χ0) is 17.2.